The van der Waals surface area contributed by atoms with Gasteiger partial charge in [-0.05, 0) is 11.6 Å². The monoisotopic (exact) mass is 321 g/mol. The highest BCUT2D eigenvalue weighted by atomic mass is 16.4. The Morgan fingerprint density at radius 1 is 0.958 bits per heavy atom. The lowest BCUT2D eigenvalue weighted by Crippen LogP contribution is -2.09. The zero-order valence-corrected chi connectivity index (χ0v) is 12.7. The molecular weight excluding hydrogens is 306 g/mol. The van der Waals surface area contributed by atoms with E-state index in [1.165, 1.54) is 0 Å². The Labute approximate surface area is 138 Å². The Kier molecular flexibility index (Phi) is 4.16. The number of carbonyl (C=O) groups is 2. The molecule has 5 nitrogen and oxygen atoms in total. The van der Waals surface area contributed by atoms with Crippen LogP contribution in [0.5, 0.6) is 0 Å². The van der Waals surface area contributed by atoms with E-state index in [0.717, 1.165) is 22.5 Å². The van der Waals surface area contributed by atoms with Gasteiger partial charge in [-0.2, -0.15) is 0 Å². The standard InChI is InChI=1S/C19H15NO4/c21-17(10-18(22)19(23)24)15-12-20(11-13-6-2-1-3-7-13)16-9-5-4-8-14(15)16/h1-10,12,21H,11H2,(H,23,24)/b17-10-. The smallest absolute Gasteiger partial charge is 0.376 e. The largest absolute Gasteiger partial charge is 0.507 e. The average molecular weight is 321 g/mol. The van der Waals surface area contributed by atoms with Gasteiger partial charge in [0.05, 0.1) is 0 Å². The third-order valence-corrected chi connectivity index (χ3v) is 3.74. The quantitative estimate of drug-likeness (QED) is 0.429. The maximum absolute atomic E-state index is 11.3. The normalized spacial score (nSPS) is 11.6. The molecule has 0 aliphatic rings. The number of aliphatic hydroxyl groups excluding tert-OH is 1. The molecule has 0 atom stereocenters. The number of aromatic nitrogens is 1. The van der Waals surface area contributed by atoms with Crippen LogP contribution in [0.4, 0.5) is 0 Å². The van der Waals surface area contributed by atoms with Crippen LogP contribution in [0.1, 0.15) is 11.1 Å². The van der Waals surface area contributed by atoms with Crippen molar-refractivity contribution in [3.8, 4) is 0 Å². The number of nitrogens with zero attached hydrogens (tertiary/aromatic N) is 1. The molecule has 0 fully saturated rings. The summed E-state index contributed by atoms with van der Waals surface area (Å²) in [6.07, 6.45) is 2.45. The molecular formula is C19H15NO4. The number of para-hydroxylation sites is 1. The van der Waals surface area contributed by atoms with E-state index in [1.54, 1.807) is 6.20 Å². The van der Waals surface area contributed by atoms with E-state index in [9.17, 15) is 14.7 Å². The lowest BCUT2D eigenvalue weighted by Gasteiger charge is -2.05. The van der Waals surface area contributed by atoms with Gasteiger partial charge < -0.3 is 14.8 Å². The van der Waals surface area contributed by atoms with Crippen LogP contribution >= 0.6 is 0 Å². The number of hydrogen-bond acceptors (Lipinski definition) is 3. The van der Waals surface area contributed by atoms with Gasteiger partial charge in [0, 0.05) is 35.3 Å². The second kappa shape index (κ2) is 6.42. The van der Waals surface area contributed by atoms with E-state index in [0.29, 0.717) is 12.1 Å². The minimum Gasteiger partial charge on any atom is -0.507 e. The summed E-state index contributed by atoms with van der Waals surface area (Å²) in [7, 11) is 0. The number of aliphatic carboxylic acids is 1. The molecule has 2 aromatic carbocycles. The molecule has 0 saturated heterocycles. The molecule has 0 saturated carbocycles. The molecule has 5 heteroatoms. The van der Waals surface area contributed by atoms with Crippen LogP contribution in [0.3, 0.4) is 0 Å². The molecule has 1 aromatic heterocycles. The molecule has 0 amide bonds. The number of carboxylic acids is 1. The second-order valence-corrected chi connectivity index (χ2v) is 5.37. The molecule has 0 aliphatic heterocycles. The topological polar surface area (TPSA) is 79.5 Å². The Hall–Kier alpha value is -3.34. The molecule has 1 heterocycles. The molecule has 0 aliphatic carbocycles. The summed E-state index contributed by atoms with van der Waals surface area (Å²) in [5.74, 6) is -3.12. The van der Waals surface area contributed by atoms with Crippen molar-refractivity contribution in [1.29, 1.82) is 0 Å². The predicted octanol–water partition coefficient (Wildman–Crippen LogP) is 3.24. The van der Waals surface area contributed by atoms with Gasteiger partial charge in [-0.1, -0.05) is 48.5 Å². The summed E-state index contributed by atoms with van der Waals surface area (Å²) >= 11 is 0. The van der Waals surface area contributed by atoms with Gasteiger partial charge in [0.2, 0.25) is 0 Å². The number of aliphatic hydroxyl groups is 1. The lowest BCUT2D eigenvalue weighted by molar-refractivity contribution is -0.146. The van der Waals surface area contributed by atoms with Crippen LogP contribution in [0.2, 0.25) is 0 Å². The van der Waals surface area contributed by atoms with Crippen molar-refractivity contribution in [2.75, 3.05) is 0 Å². The van der Waals surface area contributed by atoms with Crippen molar-refractivity contribution in [2.45, 2.75) is 6.54 Å². The third kappa shape index (κ3) is 3.05. The van der Waals surface area contributed by atoms with Gasteiger partial charge >= 0.3 is 5.97 Å². The highest BCUT2D eigenvalue weighted by Crippen LogP contribution is 2.27. The van der Waals surface area contributed by atoms with Crippen molar-refractivity contribution < 1.29 is 19.8 Å². The van der Waals surface area contributed by atoms with E-state index < -0.39 is 11.8 Å². The van der Waals surface area contributed by atoms with Gasteiger partial charge in [-0.15, -0.1) is 0 Å². The van der Waals surface area contributed by atoms with Crippen molar-refractivity contribution in [3.05, 3.63) is 78.0 Å². The minimum atomic E-state index is -1.60. The first kappa shape index (κ1) is 15.6. The summed E-state index contributed by atoms with van der Waals surface area (Å²) in [5.41, 5.74) is 2.41. The van der Waals surface area contributed by atoms with Gasteiger partial charge in [-0.3, -0.25) is 4.79 Å². The van der Waals surface area contributed by atoms with Crippen molar-refractivity contribution >= 4 is 28.4 Å². The maximum atomic E-state index is 11.3. The molecule has 24 heavy (non-hydrogen) atoms. The fourth-order valence-corrected chi connectivity index (χ4v) is 2.63. The fraction of sp³-hybridized carbons (Fsp3) is 0.0526. The van der Waals surface area contributed by atoms with Crippen LogP contribution in [0.15, 0.2) is 66.9 Å². The lowest BCUT2D eigenvalue weighted by atomic mass is 10.1. The maximum Gasteiger partial charge on any atom is 0.376 e. The minimum absolute atomic E-state index is 0.356. The van der Waals surface area contributed by atoms with E-state index in [-0.39, 0.29) is 5.76 Å². The number of fused-ring (bicyclic) bond motifs is 1. The zero-order chi connectivity index (χ0) is 17.1. The summed E-state index contributed by atoms with van der Waals surface area (Å²) in [6.45, 7) is 0.599. The third-order valence-electron chi connectivity index (χ3n) is 3.74. The average Bonchev–Trinajstić information content (AvgIpc) is 2.94. The fourth-order valence-electron chi connectivity index (χ4n) is 2.63. The van der Waals surface area contributed by atoms with Crippen LogP contribution in [0.25, 0.3) is 16.7 Å². The Balaban J connectivity index is 2.07. The Morgan fingerprint density at radius 3 is 2.33 bits per heavy atom. The molecule has 3 rings (SSSR count). The summed E-state index contributed by atoms with van der Waals surface area (Å²) in [6, 6.07) is 17.3. The van der Waals surface area contributed by atoms with E-state index in [1.807, 2.05) is 59.2 Å². The van der Waals surface area contributed by atoms with E-state index in [4.69, 9.17) is 5.11 Å². The number of carboxylic acid groups (broad SMARTS) is 1. The highest BCUT2D eigenvalue weighted by molar-refractivity contribution is 6.38. The Morgan fingerprint density at radius 2 is 1.62 bits per heavy atom. The molecule has 2 N–H and O–H groups in total. The highest BCUT2D eigenvalue weighted by Gasteiger charge is 2.15. The molecule has 120 valence electrons. The van der Waals surface area contributed by atoms with Crippen molar-refractivity contribution in [1.82, 2.24) is 4.57 Å². The second-order valence-electron chi connectivity index (χ2n) is 5.37. The number of benzene rings is 2. The number of ketones is 1. The van der Waals surface area contributed by atoms with E-state index >= 15 is 0 Å². The summed E-state index contributed by atoms with van der Waals surface area (Å²) in [5, 5.41) is 19.6. The van der Waals surface area contributed by atoms with Gasteiger partial charge in [0.15, 0.2) is 0 Å². The zero-order valence-electron chi connectivity index (χ0n) is 12.7. The molecule has 0 spiro atoms. The van der Waals surface area contributed by atoms with Gasteiger partial charge in [0.25, 0.3) is 5.78 Å². The molecule has 0 radical (unpaired) electrons. The Bertz CT molecular complexity index is 938. The van der Waals surface area contributed by atoms with Crippen LogP contribution in [-0.4, -0.2) is 26.5 Å². The SMILES string of the molecule is O=C(O)C(=O)/C=C(\O)c1cn(Cc2ccccc2)c2ccccc12. The predicted molar refractivity (Wildman–Crippen MR) is 90.7 cm³/mol. The molecule has 0 unspecified atom stereocenters. The number of rotatable bonds is 5. The first-order valence-electron chi connectivity index (χ1n) is 7.36. The summed E-state index contributed by atoms with van der Waals surface area (Å²) in [4.78, 5) is 22.0. The van der Waals surface area contributed by atoms with Crippen LogP contribution in [-0.2, 0) is 16.1 Å². The number of carbonyl (C=O) groups excluding carboxylic acids is 1. The van der Waals surface area contributed by atoms with Crippen molar-refractivity contribution in [3.63, 3.8) is 0 Å². The van der Waals surface area contributed by atoms with Crippen molar-refractivity contribution in [2.24, 2.45) is 0 Å². The summed E-state index contributed by atoms with van der Waals surface area (Å²) < 4.78 is 1.95. The molecule has 3 aromatic rings. The first-order valence-corrected chi connectivity index (χ1v) is 7.36. The van der Waals surface area contributed by atoms with Crippen LogP contribution < -0.4 is 0 Å². The first-order chi connectivity index (χ1) is 11.6. The molecule has 0 bridgehead atoms. The van der Waals surface area contributed by atoms with Gasteiger partial charge in [0.1, 0.15) is 5.76 Å². The number of hydrogen-bond donors (Lipinski definition) is 2. The van der Waals surface area contributed by atoms with Gasteiger partial charge in [-0.25, -0.2) is 4.79 Å². The van der Waals surface area contributed by atoms with E-state index in [2.05, 4.69) is 0 Å². The van der Waals surface area contributed by atoms with Crippen LogP contribution in [0, 0.1) is 0 Å².